The minimum Gasteiger partial charge on any atom is -0.342 e. The van der Waals surface area contributed by atoms with Gasteiger partial charge in [-0.3, -0.25) is 9.59 Å². The number of carbonyl (C=O) groups excluding carboxylic acids is 2. The van der Waals surface area contributed by atoms with E-state index in [0.29, 0.717) is 24.2 Å². The van der Waals surface area contributed by atoms with Crippen molar-refractivity contribution in [1.82, 2.24) is 14.8 Å². The number of pyridine rings is 1. The maximum absolute atomic E-state index is 13.2. The Bertz CT molecular complexity index is 704. The number of nitrogens with zero attached hydrogens (tertiary/aromatic N) is 3. The molecule has 29 heavy (non-hydrogen) atoms. The van der Waals surface area contributed by atoms with Crippen LogP contribution in [0.5, 0.6) is 0 Å². The molecule has 0 N–H and O–H groups in total. The number of hydrogen-bond donors (Lipinski definition) is 0. The first-order valence-corrected chi connectivity index (χ1v) is 12.3. The first kappa shape index (κ1) is 20.7. The lowest BCUT2D eigenvalue weighted by Crippen LogP contribution is -2.44. The van der Waals surface area contributed by atoms with E-state index in [4.69, 9.17) is 0 Å². The molecule has 2 saturated heterocycles. The van der Waals surface area contributed by atoms with Crippen molar-refractivity contribution in [1.29, 1.82) is 0 Å². The fourth-order valence-corrected chi connectivity index (χ4v) is 6.15. The first-order valence-electron chi connectivity index (χ1n) is 11.4. The van der Waals surface area contributed by atoms with Crippen LogP contribution in [0.15, 0.2) is 23.4 Å². The molecule has 0 atom stereocenters. The highest BCUT2D eigenvalue weighted by molar-refractivity contribution is 7.99. The fraction of sp³-hybridized carbons (Fsp3) is 0.696. The summed E-state index contributed by atoms with van der Waals surface area (Å²) < 4.78 is 0. The molecule has 0 aromatic carbocycles. The van der Waals surface area contributed by atoms with Gasteiger partial charge in [0.1, 0.15) is 5.03 Å². The maximum Gasteiger partial charge on any atom is 0.256 e. The molecule has 1 aromatic heterocycles. The van der Waals surface area contributed by atoms with E-state index in [1.54, 1.807) is 18.0 Å². The second-order valence-electron chi connectivity index (χ2n) is 8.69. The molecule has 3 heterocycles. The molecule has 0 unspecified atom stereocenters. The lowest BCUT2D eigenvalue weighted by Gasteiger charge is -2.34. The van der Waals surface area contributed by atoms with Gasteiger partial charge in [-0.15, -0.1) is 11.8 Å². The van der Waals surface area contributed by atoms with Gasteiger partial charge in [-0.25, -0.2) is 4.98 Å². The van der Waals surface area contributed by atoms with Gasteiger partial charge in [0.25, 0.3) is 5.91 Å². The molecule has 2 amide bonds. The first-order chi connectivity index (χ1) is 14.2. The van der Waals surface area contributed by atoms with Crippen LogP contribution in [-0.4, -0.2) is 58.0 Å². The highest BCUT2D eigenvalue weighted by Crippen LogP contribution is 2.35. The number of aromatic nitrogens is 1. The molecule has 0 spiro atoms. The molecule has 4 rings (SSSR count). The van der Waals surface area contributed by atoms with Gasteiger partial charge in [-0.1, -0.05) is 25.7 Å². The van der Waals surface area contributed by atoms with Crippen molar-refractivity contribution in [2.24, 2.45) is 5.92 Å². The summed E-state index contributed by atoms with van der Waals surface area (Å²) in [6, 6.07) is 3.78. The molecule has 3 fully saturated rings. The smallest absolute Gasteiger partial charge is 0.256 e. The Hall–Kier alpha value is -1.56. The molecule has 3 aliphatic rings. The quantitative estimate of drug-likeness (QED) is 0.733. The average molecular weight is 416 g/mol. The van der Waals surface area contributed by atoms with Gasteiger partial charge >= 0.3 is 0 Å². The largest absolute Gasteiger partial charge is 0.342 e. The summed E-state index contributed by atoms with van der Waals surface area (Å²) in [7, 11) is 0. The van der Waals surface area contributed by atoms with Crippen LogP contribution in [0.1, 0.15) is 74.6 Å². The zero-order valence-corrected chi connectivity index (χ0v) is 18.2. The van der Waals surface area contributed by atoms with Crippen molar-refractivity contribution >= 4 is 23.6 Å². The Kier molecular flexibility index (Phi) is 7.11. The van der Waals surface area contributed by atoms with Crippen LogP contribution in [0.3, 0.4) is 0 Å². The van der Waals surface area contributed by atoms with E-state index in [1.807, 2.05) is 17.0 Å². The third-order valence-electron chi connectivity index (χ3n) is 6.63. The summed E-state index contributed by atoms with van der Waals surface area (Å²) in [5, 5.41) is 1.47. The summed E-state index contributed by atoms with van der Waals surface area (Å²) in [6.07, 6.45) is 13.1. The normalized spacial score (nSPS) is 21.9. The van der Waals surface area contributed by atoms with Gasteiger partial charge in [0.2, 0.25) is 5.91 Å². The van der Waals surface area contributed by atoms with Gasteiger partial charge in [0.15, 0.2) is 0 Å². The topological polar surface area (TPSA) is 53.5 Å². The van der Waals surface area contributed by atoms with Crippen molar-refractivity contribution < 1.29 is 9.59 Å². The summed E-state index contributed by atoms with van der Waals surface area (Å²) in [5.74, 6) is 0.482. The molecular weight excluding hydrogens is 382 g/mol. The van der Waals surface area contributed by atoms with Gasteiger partial charge in [-0.2, -0.15) is 0 Å². The number of carbonyl (C=O) groups is 2. The van der Waals surface area contributed by atoms with E-state index < -0.39 is 0 Å². The Morgan fingerprint density at radius 1 is 0.862 bits per heavy atom. The van der Waals surface area contributed by atoms with E-state index >= 15 is 0 Å². The molecule has 1 aliphatic carbocycles. The van der Waals surface area contributed by atoms with E-state index in [1.165, 1.54) is 38.5 Å². The van der Waals surface area contributed by atoms with E-state index in [9.17, 15) is 9.59 Å². The molecule has 5 nitrogen and oxygen atoms in total. The Morgan fingerprint density at radius 3 is 2.24 bits per heavy atom. The molecule has 2 aliphatic heterocycles. The Morgan fingerprint density at radius 2 is 1.55 bits per heavy atom. The van der Waals surface area contributed by atoms with Crippen LogP contribution in [-0.2, 0) is 4.79 Å². The third kappa shape index (κ3) is 5.14. The molecular formula is C23H33N3O2S. The zero-order chi connectivity index (χ0) is 20.1. The van der Waals surface area contributed by atoms with Crippen LogP contribution in [0.2, 0.25) is 0 Å². The monoisotopic (exact) mass is 415 g/mol. The average Bonchev–Trinajstić information content (AvgIpc) is 3.12. The molecule has 1 saturated carbocycles. The summed E-state index contributed by atoms with van der Waals surface area (Å²) in [6.45, 7) is 3.17. The predicted octanol–water partition coefficient (Wildman–Crippen LogP) is 4.37. The summed E-state index contributed by atoms with van der Waals surface area (Å²) >= 11 is 1.78. The minimum absolute atomic E-state index is 0.0818. The van der Waals surface area contributed by atoms with Crippen LogP contribution in [0.4, 0.5) is 0 Å². The number of amides is 2. The summed E-state index contributed by atoms with van der Waals surface area (Å²) in [4.78, 5) is 34.6. The number of piperidine rings is 1. The molecule has 0 radical (unpaired) electrons. The Labute approximate surface area is 178 Å². The van der Waals surface area contributed by atoms with E-state index in [-0.39, 0.29) is 11.8 Å². The molecule has 158 valence electrons. The predicted molar refractivity (Wildman–Crippen MR) is 116 cm³/mol. The number of thioether (sulfide) groups is 1. The second-order valence-corrected chi connectivity index (χ2v) is 9.98. The second kappa shape index (κ2) is 9.96. The van der Waals surface area contributed by atoms with Crippen molar-refractivity contribution in [3.05, 3.63) is 23.9 Å². The SMILES string of the molecule is O=C(c1cccnc1SC1CCCC1)N1CCC(C(=O)N2CCCCCC2)CC1. The lowest BCUT2D eigenvalue weighted by molar-refractivity contribution is -0.136. The lowest BCUT2D eigenvalue weighted by atomic mass is 9.94. The number of hydrogen-bond acceptors (Lipinski definition) is 4. The zero-order valence-electron chi connectivity index (χ0n) is 17.4. The fourth-order valence-electron chi connectivity index (χ4n) is 4.86. The van der Waals surface area contributed by atoms with E-state index in [2.05, 4.69) is 9.88 Å². The number of rotatable bonds is 4. The minimum atomic E-state index is 0.0818. The van der Waals surface area contributed by atoms with Crippen LogP contribution < -0.4 is 0 Å². The standard InChI is InChI=1S/C23H33N3O2S/c27-22(25-14-5-1-2-6-15-25)18-11-16-26(17-12-18)23(28)20-10-7-13-24-21(20)29-19-8-3-4-9-19/h7,10,13,18-19H,1-6,8-9,11-12,14-17H2. The summed E-state index contributed by atoms with van der Waals surface area (Å²) in [5.41, 5.74) is 0.738. The van der Waals surface area contributed by atoms with Gasteiger partial charge in [0.05, 0.1) is 5.56 Å². The Balaban J connectivity index is 1.35. The molecule has 1 aromatic rings. The number of likely N-dealkylation sites (tertiary alicyclic amines) is 2. The van der Waals surface area contributed by atoms with Crippen molar-refractivity contribution in [3.8, 4) is 0 Å². The van der Waals surface area contributed by atoms with Crippen molar-refractivity contribution in [3.63, 3.8) is 0 Å². The van der Waals surface area contributed by atoms with Crippen LogP contribution >= 0.6 is 11.8 Å². The van der Waals surface area contributed by atoms with Crippen molar-refractivity contribution in [2.45, 2.75) is 74.5 Å². The molecule has 0 bridgehead atoms. The third-order valence-corrected chi connectivity index (χ3v) is 7.98. The molecule has 6 heteroatoms. The maximum atomic E-state index is 13.2. The van der Waals surface area contributed by atoms with Gasteiger partial charge < -0.3 is 9.80 Å². The van der Waals surface area contributed by atoms with Crippen LogP contribution in [0, 0.1) is 5.92 Å². The van der Waals surface area contributed by atoms with Crippen LogP contribution in [0.25, 0.3) is 0 Å². The van der Waals surface area contributed by atoms with Crippen molar-refractivity contribution in [2.75, 3.05) is 26.2 Å². The highest BCUT2D eigenvalue weighted by Gasteiger charge is 2.32. The van der Waals surface area contributed by atoms with E-state index in [0.717, 1.165) is 49.4 Å². The van der Waals surface area contributed by atoms with Gasteiger partial charge in [-0.05, 0) is 50.7 Å². The van der Waals surface area contributed by atoms with Gasteiger partial charge in [0, 0.05) is 43.5 Å². The highest BCUT2D eigenvalue weighted by atomic mass is 32.2.